The summed E-state index contributed by atoms with van der Waals surface area (Å²) in [6, 6.07) is 4.72. The Morgan fingerprint density at radius 2 is 2.21 bits per heavy atom. The SMILES string of the molecule is OCc1ccc(C=CCCS)c(F)c1. The van der Waals surface area contributed by atoms with Gasteiger partial charge in [-0.1, -0.05) is 24.3 Å². The smallest absolute Gasteiger partial charge is 0.130 e. The van der Waals surface area contributed by atoms with Gasteiger partial charge in [0.25, 0.3) is 0 Å². The molecule has 1 N–H and O–H groups in total. The van der Waals surface area contributed by atoms with E-state index in [1.54, 1.807) is 18.2 Å². The number of aliphatic hydroxyl groups is 1. The van der Waals surface area contributed by atoms with E-state index < -0.39 is 0 Å². The molecule has 0 spiro atoms. The van der Waals surface area contributed by atoms with Crippen molar-refractivity contribution in [1.29, 1.82) is 0 Å². The minimum absolute atomic E-state index is 0.127. The molecule has 0 saturated carbocycles. The molecule has 0 atom stereocenters. The van der Waals surface area contributed by atoms with Gasteiger partial charge in [0.2, 0.25) is 0 Å². The monoisotopic (exact) mass is 212 g/mol. The summed E-state index contributed by atoms with van der Waals surface area (Å²) < 4.78 is 13.3. The molecule has 0 aromatic heterocycles. The summed E-state index contributed by atoms with van der Waals surface area (Å²) in [5.41, 5.74) is 1.14. The van der Waals surface area contributed by atoms with Gasteiger partial charge in [0.1, 0.15) is 5.82 Å². The number of benzene rings is 1. The Morgan fingerprint density at radius 3 is 2.79 bits per heavy atom. The number of aliphatic hydroxyl groups excluding tert-OH is 1. The van der Waals surface area contributed by atoms with Crippen molar-refractivity contribution in [2.45, 2.75) is 13.0 Å². The van der Waals surface area contributed by atoms with Crippen molar-refractivity contribution in [3.63, 3.8) is 0 Å². The highest BCUT2D eigenvalue weighted by Crippen LogP contribution is 2.12. The van der Waals surface area contributed by atoms with Gasteiger partial charge in [0, 0.05) is 5.56 Å². The van der Waals surface area contributed by atoms with Gasteiger partial charge in [-0.2, -0.15) is 12.6 Å². The fourth-order valence-corrected chi connectivity index (χ4v) is 1.24. The molecule has 1 aromatic carbocycles. The maximum Gasteiger partial charge on any atom is 0.130 e. The highest BCUT2D eigenvalue weighted by atomic mass is 32.1. The summed E-state index contributed by atoms with van der Waals surface area (Å²) in [6.07, 6.45) is 4.43. The van der Waals surface area contributed by atoms with Crippen molar-refractivity contribution >= 4 is 18.7 Å². The molecule has 0 aliphatic rings. The van der Waals surface area contributed by atoms with Crippen LogP contribution in [0.15, 0.2) is 24.3 Å². The zero-order valence-electron chi connectivity index (χ0n) is 7.78. The topological polar surface area (TPSA) is 20.2 Å². The largest absolute Gasteiger partial charge is 0.392 e. The maximum atomic E-state index is 13.3. The highest BCUT2D eigenvalue weighted by molar-refractivity contribution is 7.80. The van der Waals surface area contributed by atoms with Crippen LogP contribution in [0.5, 0.6) is 0 Å². The number of rotatable bonds is 4. The van der Waals surface area contributed by atoms with Crippen LogP contribution in [-0.4, -0.2) is 10.9 Å². The molecule has 0 amide bonds. The van der Waals surface area contributed by atoms with Crippen LogP contribution in [0.25, 0.3) is 6.08 Å². The summed E-state index contributed by atoms with van der Waals surface area (Å²) in [5, 5.41) is 8.77. The number of hydrogen-bond donors (Lipinski definition) is 2. The summed E-state index contributed by atoms with van der Waals surface area (Å²) >= 11 is 4.05. The fourth-order valence-electron chi connectivity index (χ4n) is 1.09. The van der Waals surface area contributed by atoms with Gasteiger partial charge in [-0.05, 0) is 23.8 Å². The Balaban J connectivity index is 2.78. The summed E-state index contributed by atoms with van der Waals surface area (Å²) in [5.74, 6) is 0.458. The minimum atomic E-state index is -0.299. The first-order valence-corrected chi connectivity index (χ1v) is 5.08. The zero-order chi connectivity index (χ0) is 10.4. The first-order chi connectivity index (χ1) is 6.77. The van der Waals surface area contributed by atoms with Crippen LogP contribution in [-0.2, 0) is 6.61 Å². The summed E-state index contributed by atoms with van der Waals surface area (Å²) in [6.45, 7) is -0.127. The second-order valence-electron chi connectivity index (χ2n) is 2.93. The molecule has 14 heavy (non-hydrogen) atoms. The van der Waals surface area contributed by atoms with Crippen molar-refractivity contribution in [1.82, 2.24) is 0 Å². The number of hydrogen-bond acceptors (Lipinski definition) is 2. The molecule has 1 aromatic rings. The van der Waals surface area contributed by atoms with Crippen LogP contribution in [0, 0.1) is 5.82 Å². The summed E-state index contributed by atoms with van der Waals surface area (Å²) in [7, 11) is 0. The van der Waals surface area contributed by atoms with Crippen LogP contribution in [0.4, 0.5) is 4.39 Å². The van der Waals surface area contributed by atoms with E-state index in [1.807, 2.05) is 6.08 Å². The molecule has 0 saturated heterocycles. The fraction of sp³-hybridized carbons (Fsp3) is 0.273. The predicted octanol–water partition coefficient (Wildman–Crippen LogP) is 2.65. The Kier molecular flexibility index (Phi) is 4.70. The molecule has 0 heterocycles. The molecule has 0 radical (unpaired) electrons. The van der Waals surface area contributed by atoms with Crippen molar-refractivity contribution in [2.24, 2.45) is 0 Å². The Morgan fingerprint density at radius 1 is 1.43 bits per heavy atom. The number of thiol groups is 1. The molecular weight excluding hydrogens is 199 g/mol. The lowest BCUT2D eigenvalue weighted by molar-refractivity contribution is 0.281. The normalized spacial score (nSPS) is 11.1. The van der Waals surface area contributed by atoms with Crippen LogP contribution in [0.1, 0.15) is 17.5 Å². The molecule has 1 rings (SSSR count). The second kappa shape index (κ2) is 5.83. The third-order valence-corrected chi connectivity index (χ3v) is 2.10. The maximum absolute atomic E-state index is 13.3. The van der Waals surface area contributed by atoms with Crippen molar-refractivity contribution < 1.29 is 9.50 Å². The molecular formula is C11H13FOS. The standard InChI is InChI=1S/C11H13FOS/c12-11-7-9(8-13)4-5-10(11)3-1-2-6-14/h1,3-5,7,13-14H,2,6,8H2. The van der Waals surface area contributed by atoms with E-state index in [1.165, 1.54) is 6.07 Å². The van der Waals surface area contributed by atoms with E-state index >= 15 is 0 Å². The Labute approximate surface area is 88.7 Å². The summed E-state index contributed by atoms with van der Waals surface area (Å²) in [4.78, 5) is 0. The van der Waals surface area contributed by atoms with E-state index in [0.717, 1.165) is 12.2 Å². The van der Waals surface area contributed by atoms with Crippen LogP contribution in [0.3, 0.4) is 0 Å². The highest BCUT2D eigenvalue weighted by Gasteiger charge is 1.99. The first-order valence-electron chi connectivity index (χ1n) is 4.44. The Bertz CT molecular complexity index is 323. The molecule has 3 heteroatoms. The van der Waals surface area contributed by atoms with Crippen molar-refractivity contribution in [2.75, 3.05) is 5.75 Å². The van der Waals surface area contributed by atoms with E-state index in [9.17, 15) is 4.39 Å². The average molecular weight is 212 g/mol. The number of halogens is 1. The first kappa shape index (κ1) is 11.3. The second-order valence-corrected chi connectivity index (χ2v) is 3.38. The van der Waals surface area contributed by atoms with E-state index in [4.69, 9.17) is 5.11 Å². The molecule has 1 nitrogen and oxygen atoms in total. The van der Waals surface area contributed by atoms with Crippen LogP contribution >= 0.6 is 12.6 Å². The molecule has 0 bridgehead atoms. The van der Waals surface area contributed by atoms with Gasteiger partial charge >= 0.3 is 0 Å². The van der Waals surface area contributed by atoms with E-state index in [2.05, 4.69) is 12.6 Å². The molecule has 0 unspecified atom stereocenters. The average Bonchev–Trinajstić information content (AvgIpc) is 2.20. The van der Waals surface area contributed by atoms with Gasteiger partial charge in [-0.15, -0.1) is 0 Å². The van der Waals surface area contributed by atoms with E-state index in [0.29, 0.717) is 11.1 Å². The van der Waals surface area contributed by atoms with Crippen molar-refractivity contribution in [3.8, 4) is 0 Å². The molecule has 0 fully saturated rings. The zero-order valence-corrected chi connectivity index (χ0v) is 8.67. The number of allylic oxidation sites excluding steroid dienone is 1. The Hall–Kier alpha value is -0.800. The van der Waals surface area contributed by atoms with E-state index in [-0.39, 0.29) is 12.4 Å². The lowest BCUT2D eigenvalue weighted by atomic mass is 10.1. The molecule has 76 valence electrons. The quantitative estimate of drug-likeness (QED) is 0.735. The van der Waals surface area contributed by atoms with Gasteiger partial charge in [-0.25, -0.2) is 4.39 Å². The van der Waals surface area contributed by atoms with Crippen LogP contribution < -0.4 is 0 Å². The van der Waals surface area contributed by atoms with Gasteiger partial charge in [0.05, 0.1) is 6.61 Å². The molecule has 0 aliphatic heterocycles. The lowest BCUT2D eigenvalue weighted by Crippen LogP contribution is -1.87. The molecule has 0 aliphatic carbocycles. The van der Waals surface area contributed by atoms with Gasteiger partial charge in [0.15, 0.2) is 0 Å². The van der Waals surface area contributed by atoms with Crippen molar-refractivity contribution in [3.05, 3.63) is 41.2 Å². The van der Waals surface area contributed by atoms with Crippen LogP contribution in [0.2, 0.25) is 0 Å². The lowest BCUT2D eigenvalue weighted by Gasteiger charge is -1.99. The van der Waals surface area contributed by atoms with Gasteiger partial charge < -0.3 is 5.11 Å². The third-order valence-electron chi connectivity index (χ3n) is 1.84. The minimum Gasteiger partial charge on any atom is -0.392 e. The van der Waals surface area contributed by atoms with Gasteiger partial charge in [-0.3, -0.25) is 0 Å². The predicted molar refractivity (Wildman–Crippen MR) is 59.8 cm³/mol. The third kappa shape index (κ3) is 3.16.